The van der Waals surface area contributed by atoms with Gasteiger partial charge in [0.05, 0.1) is 24.2 Å². The van der Waals surface area contributed by atoms with Crippen LogP contribution in [0.4, 0.5) is 0 Å². The zero-order chi connectivity index (χ0) is 17.3. The van der Waals surface area contributed by atoms with Crippen molar-refractivity contribution in [2.45, 2.75) is 38.7 Å². The molecule has 1 atom stereocenters. The van der Waals surface area contributed by atoms with Gasteiger partial charge in [-0.1, -0.05) is 38.5 Å². The van der Waals surface area contributed by atoms with Gasteiger partial charge < -0.3 is 5.11 Å². The van der Waals surface area contributed by atoms with Crippen molar-refractivity contribution < 1.29 is 13.5 Å². The molecule has 2 rings (SSSR count). The second-order valence-corrected chi connectivity index (χ2v) is 8.46. The third kappa shape index (κ3) is 4.40. The van der Waals surface area contributed by atoms with Crippen LogP contribution in [0.5, 0.6) is 0 Å². The summed E-state index contributed by atoms with van der Waals surface area (Å²) in [6, 6.07) is 7.61. The number of aryl methyl sites for hydroxylation is 1. The molecule has 0 aliphatic heterocycles. The maximum atomic E-state index is 12.3. The number of benzene rings is 1. The Hall–Kier alpha value is -1.70. The molecule has 1 heterocycles. The quantitative estimate of drug-likeness (QED) is 0.872. The van der Waals surface area contributed by atoms with Crippen LogP contribution in [0.3, 0.4) is 0 Å². The molecule has 0 saturated carbocycles. The Morgan fingerprint density at radius 1 is 1.26 bits per heavy atom. The molecular weight excluding hydrogens is 314 g/mol. The Labute approximate surface area is 137 Å². The van der Waals surface area contributed by atoms with Crippen LogP contribution in [0.25, 0.3) is 5.69 Å². The van der Waals surface area contributed by atoms with Crippen molar-refractivity contribution in [3.05, 3.63) is 42.2 Å². The summed E-state index contributed by atoms with van der Waals surface area (Å²) in [6.07, 6.45) is 1.98. The normalized spacial score (nSPS) is 14.0. The van der Waals surface area contributed by atoms with E-state index in [2.05, 4.69) is 9.82 Å². The minimum absolute atomic E-state index is 0.0401. The summed E-state index contributed by atoms with van der Waals surface area (Å²) in [5, 5.41) is 14.1. The Morgan fingerprint density at radius 2 is 1.87 bits per heavy atom. The summed E-state index contributed by atoms with van der Waals surface area (Å²) < 4.78 is 28.5. The smallest absolute Gasteiger partial charge is 0.243 e. The van der Waals surface area contributed by atoms with E-state index in [-0.39, 0.29) is 11.4 Å². The topological polar surface area (TPSA) is 84.2 Å². The van der Waals surface area contributed by atoms with Gasteiger partial charge in [-0.3, -0.25) is 0 Å². The Kier molecular flexibility index (Phi) is 4.93. The van der Waals surface area contributed by atoms with Crippen LogP contribution < -0.4 is 4.72 Å². The van der Waals surface area contributed by atoms with Gasteiger partial charge in [-0.2, -0.15) is 5.10 Å². The molecule has 2 aromatic rings. The van der Waals surface area contributed by atoms with E-state index in [9.17, 15) is 13.5 Å². The second kappa shape index (κ2) is 6.43. The number of hydrogen-bond acceptors (Lipinski definition) is 4. The first kappa shape index (κ1) is 17.7. The van der Waals surface area contributed by atoms with Gasteiger partial charge >= 0.3 is 0 Å². The monoisotopic (exact) mass is 337 g/mol. The number of nitrogens with one attached hydrogen (secondary N) is 1. The van der Waals surface area contributed by atoms with Crippen LogP contribution in [-0.2, 0) is 10.0 Å². The van der Waals surface area contributed by atoms with E-state index in [0.717, 1.165) is 11.3 Å². The number of aromatic nitrogens is 2. The van der Waals surface area contributed by atoms with Crippen LogP contribution >= 0.6 is 0 Å². The summed E-state index contributed by atoms with van der Waals surface area (Å²) in [5.41, 5.74) is 1.51. The number of nitrogens with zero attached hydrogens (tertiary/aromatic N) is 2. The van der Waals surface area contributed by atoms with Crippen LogP contribution in [0.2, 0.25) is 0 Å². The Balaban J connectivity index is 2.14. The Morgan fingerprint density at radius 3 is 2.43 bits per heavy atom. The highest BCUT2D eigenvalue weighted by atomic mass is 32.2. The van der Waals surface area contributed by atoms with E-state index in [1.807, 2.05) is 52.0 Å². The summed E-state index contributed by atoms with van der Waals surface area (Å²) in [7, 11) is -3.70. The largest absolute Gasteiger partial charge is 0.391 e. The molecule has 0 radical (unpaired) electrons. The molecule has 0 aliphatic rings. The first-order chi connectivity index (χ1) is 10.6. The van der Waals surface area contributed by atoms with Crippen molar-refractivity contribution in [1.29, 1.82) is 0 Å². The molecule has 1 aromatic carbocycles. The molecular formula is C16H23N3O3S. The molecule has 0 aliphatic carbocycles. The van der Waals surface area contributed by atoms with E-state index < -0.39 is 21.5 Å². The summed E-state index contributed by atoms with van der Waals surface area (Å²) in [6.45, 7) is 7.49. The third-order valence-electron chi connectivity index (χ3n) is 3.63. The highest BCUT2D eigenvalue weighted by Gasteiger charge is 2.25. The zero-order valence-electron chi connectivity index (χ0n) is 13.8. The van der Waals surface area contributed by atoms with Gasteiger partial charge in [-0.25, -0.2) is 17.8 Å². The number of aliphatic hydroxyl groups is 1. The fraction of sp³-hybridized carbons (Fsp3) is 0.438. The van der Waals surface area contributed by atoms with Crippen molar-refractivity contribution in [1.82, 2.24) is 14.5 Å². The van der Waals surface area contributed by atoms with E-state index >= 15 is 0 Å². The van der Waals surface area contributed by atoms with Crippen molar-refractivity contribution in [3.63, 3.8) is 0 Å². The molecule has 0 saturated heterocycles. The maximum absolute atomic E-state index is 12.3. The second-order valence-electron chi connectivity index (χ2n) is 6.69. The fourth-order valence-corrected chi connectivity index (χ4v) is 2.83. The van der Waals surface area contributed by atoms with Crippen LogP contribution in [0, 0.1) is 12.3 Å². The standard InChI is InChI=1S/C16H23N3O3S/c1-12-5-7-13(8-6-12)19-11-14(9-17-19)23(21,22)18-10-15(20)16(2,3)4/h5-9,11,15,18,20H,10H2,1-4H3. The number of sulfonamides is 1. The third-order valence-corrected chi connectivity index (χ3v) is 5.01. The predicted octanol–water partition coefficient (Wildman–Crippen LogP) is 1.87. The van der Waals surface area contributed by atoms with Gasteiger partial charge in [-0.05, 0) is 24.5 Å². The number of hydrogen-bond donors (Lipinski definition) is 2. The van der Waals surface area contributed by atoms with Crippen molar-refractivity contribution in [2.24, 2.45) is 5.41 Å². The number of rotatable bonds is 5. The highest BCUT2D eigenvalue weighted by molar-refractivity contribution is 7.89. The first-order valence-electron chi connectivity index (χ1n) is 7.39. The van der Waals surface area contributed by atoms with Gasteiger partial charge in [0.2, 0.25) is 10.0 Å². The minimum Gasteiger partial charge on any atom is -0.391 e. The molecule has 2 N–H and O–H groups in total. The van der Waals surface area contributed by atoms with Gasteiger partial charge in [0, 0.05) is 6.54 Å². The molecule has 6 nitrogen and oxygen atoms in total. The SMILES string of the molecule is Cc1ccc(-n2cc(S(=O)(=O)NCC(O)C(C)(C)C)cn2)cc1. The van der Waals surface area contributed by atoms with Crippen LogP contribution in [0.1, 0.15) is 26.3 Å². The van der Waals surface area contributed by atoms with Crippen molar-refractivity contribution in [2.75, 3.05) is 6.54 Å². The van der Waals surface area contributed by atoms with E-state index in [4.69, 9.17) is 0 Å². The first-order valence-corrected chi connectivity index (χ1v) is 8.87. The van der Waals surface area contributed by atoms with E-state index in [1.54, 1.807) is 0 Å². The zero-order valence-corrected chi connectivity index (χ0v) is 14.6. The average molecular weight is 337 g/mol. The lowest BCUT2D eigenvalue weighted by Gasteiger charge is -2.25. The molecule has 1 aromatic heterocycles. The molecule has 23 heavy (non-hydrogen) atoms. The van der Waals surface area contributed by atoms with Gasteiger partial charge in [0.25, 0.3) is 0 Å². The van der Waals surface area contributed by atoms with Gasteiger partial charge in [0.1, 0.15) is 4.90 Å². The minimum atomic E-state index is -3.70. The highest BCUT2D eigenvalue weighted by Crippen LogP contribution is 2.19. The lowest BCUT2D eigenvalue weighted by molar-refractivity contribution is 0.0677. The average Bonchev–Trinajstić information content (AvgIpc) is 2.95. The molecule has 0 spiro atoms. The van der Waals surface area contributed by atoms with E-state index in [0.29, 0.717) is 0 Å². The molecule has 126 valence electrons. The van der Waals surface area contributed by atoms with E-state index in [1.165, 1.54) is 17.1 Å². The molecule has 1 unspecified atom stereocenters. The Bertz CT molecular complexity index is 759. The fourth-order valence-electron chi connectivity index (χ4n) is 1.86. The maximum Gasteiger partial charge on any atom is 0.243 e. The molecule has 7 heteroatoms. The lowest BCUT2D eigenvalue weighted by Crippen LogP contribution is -2.39. The van der Waals surface area contributed by atoms with Gasteiger partial charge in [-0.15, -0.1) is 0 Å². The summed E-state index contributed by atoms with van der Waals surface area (Å²) in [4.78, 5) is 0.0687. The lowest BCUT2D eigenvalue weighted by atomic mass is 9.89. The van der Waals surface area contributed by atoms with Crippen molar-refractivity contribution in [3.8, 4) is 5.69 Å². The summed E-state index contributed by atoms with van der Waals surface area (Å²) >= 11 is 0. The summed E-state index contributed by atoms with van der Waals surface area (Å²) in [5.74, 6) is 0. The van der Waals surface area contributed by atoms with Gasteiger partial charge in [0.15, 0.2) is 0 Å². The number of aliphatic hydroxyl groups excluding tert-OH is 1. The van der Waals surface area contributed by atoms with Crippen LogP contribution in [0.15, 0.2) is 41.6 Å². The molecule has 0 bridgehead atoms. The van der Waals surface area contributed by atoms with Crippen LogP contribution in [-0.4, -0.2) is 36.0 Å². The molecule has 0 fully saturated rings. The van der Waals surface area contributed by atoms with Crippen molar-refractivity contribution >= 4 is 10.0 Å². The molecule has 0 amide bonds. The predicted molar refractivity (Wildman–Crippen MR) is 89.0 cm³/mol.